The van der Waals surface area contributed by atoms with E-state index in [0.717, 1.165) is 37.9 Å². The smallest absolute Gasteiger partial charge is 0.343 e. The largest absolute Gasteiger partial charge is 0.462 e. The number of aromatic nitrogens is 3. The van der Waals surface area contributed by atoms with Gasteiger partial charge in [-0.05, 0) is 81.8 Å². The molecule has 0 amide bonds. The molecule has 0 bridgehead atoms. The maximum Gasteiger partial charge on any atom is 0.343 e. The Balaban J connectivity index is 1.06. The van der Waals surface area contributed by atoms with Gasteiger partial charge >= 0.3 is 11.7 Å². The number of H-pyrrole nitrogens is 1. The number of nitrogens with zero attached hydrogens (tertiary/aromatic N) is 4. The zero-order chi connectivity index (χ0) is 34.8. The van der Waals surface area contributed by atoms with Crippen LogP contribution in [0.25, 0.3) is 10.9 Å². The Morgan fingerprint density at radius 1 is 1.04 bits per heavy atom. The van der Waals surface area contributed by atoms with Gasteiger partial charge in [-0.15, -0.1) is 0 Å². The molecule has 0 atom stereocenters. The minimum absolute atomic E-state index is 0.0722. The maximum absolute atomic E-state index is 15.7. The summed E-state index contributed by atoms with van der Waals surface area (Å²) in [6, 6.07) is 8.63. The van der Waals surface area contributed by atoms with Gasteiger partial charge in [-0.2, -0.15) is 0 Å². The molecule has 2 fully saturated rings. The van der Waals surface area contributed by atoms with Crippen LogP contribution in [0, 0.1) is 12.7 Å². The lowest BCUT2D eigenvalue weighted by Gasteiger charge is -2.37. The van der Waals surface area contributed by atoms with Crippen molar-refractivity contribution in [2.75, 3.05) is 49.5 Å². The van der Waals surface area contributed by atoms with Gasteiger partial charge in [-0.25, -0.2) is 14.0 Å². The average Bonchev–Trinajstić information content (AvgIpc) is 3.92. The number of piperazine rings is 1. The van der Waals surface area contributed by atoms with Crippen LogP contribution in [0.15, 0.2) is 50.9 Å². The van der Waals surface area contributed by atoms with Crippen LogP contribution in [-0.2, 0) is 17.7 Å². The summed E-state index contributed by atoms with van der Waals surface area (Å²) in [4.78, 5) is 58.2. The first-order chi connectivity index (χ1) is 23.6. The predicted octanol–water partition coefficient (Wildman–Crippen LogP) is 5.37. The second-order valence-corrected chi connectivity index (χ2v) is 13.2. The Morgan fingerprint density at radius 3 is 2.45 bits per heavy atom. The molecule has 2 N–H and O–H groups in total. The number of nitrogens with one attached hydrogen (secondary N) is 2. The van der Waals surface area contributed by atoms with Crippen molar-refractivity contribution in [2.24, 2.45) is 0 Å². The summed E-state index contributed by atoms with van der Waals surface area (Å²) >= 11 is 6.88. The Bertz CT molecular complexity index is 2030. The van der Waals surface area contributed by atoms with Gasteiger partial charge in [0.25, 0.3) is 5.56 Å². The van der Waals surface area contributed by atoms with Gasteiger partial charge in [0.05, 0.1) is 28.2 Å². The molecule has 0 unspecified atom stereocenters. The first kappa shape index (κ1) is 34.4. The molecule has 2 aromatic heterocycles. The minimum atomic E-state index is -0.728. The van der Waals surface area contributed by atoms with E-state index in [9.17, 15) is 19.2 Å². The summed E-state index contributed by atoms with van der Waals surface area (Å²) in [7, 11) is 0. The number of carbonyl (C=O) groups is 1. The molecule has 6 rings (SSSR count). The number of ether oxygens (including phenoxy) is 1. The van der Waals surface area contributed by atoms with Crippen LogP contribution < -0.4 is 26.9 Å². The summed E-state index contributed by atoms with van der Waals surface area (Å²) in [5.41, 5.74) is 2.37. The lowest BCUT2D eigenvalue weighted by molar-refractivity contribution is 0.0524. The number of rotatable bonds is 12. The van der Waals surface area contributed by atoms with Gasteiger partial charge in [0.2, 0.25) is 5.43 Å². The summed E-state index contributed by atoms with van der Waals surface area (Å²) in [6.07, 6.45) is 5.57. The van der Waals surface area contributed by atoms with E-state index >= 15 is 4.39 Å². The predicted molar refractivity (Wildman–Crippen MR) is 190 cm³/mol. The molecule has 1 aliphatic carbocycles. The highest BCUT2D eigenvalue weighted by molar-refractivity contribution is 6.38. The monoisotopic (exact) mass is 692 g/mol. The van der Waals surface area contributed by atoms with E-state index in [0.29, 0.717) is 50.5 Å². The number of pyridine rings is 1. The van der Waals surface area contributed by atoms with E-state index in [1.165, 1.54) is 34.0 Å². The topological polar surface area (TPSA) is 122 Å². The maximum atomic E-state index is 15.7. The number of halogens is 2. The van der Waals surface area contributed by atoms with Crippen LogP contribution in [0.1, 0.15) is 67.1 Å². The van der Waals surface area contributed by atoms with Crippen molar-refractivity contribution in [2.45, 2.75) is 65.5 Å². The van der Waals surface area contributed by atoms with Gasteiger partial charge in [0.15, 0.2) is 0 Å². The van der Waals surface area contributed by atoms with Crippen LogP contribution in [0.3, 0.4) is 0 Å². The van der Waals surface area contributed by atoms with Crippen LogP contribution >= 0.6 is 11.6 Å². The van der Waals surface area contributed by atoms with Crippen molar-refractivity contribution in [1.82, 2.24) is 19.0 Å². The molecule has 1 saturated carbocycles. The second-order valence-electron chi connectivity index (χ2n) is 12.8. The van der Waals surface area contributed by atoms with Crippen molar-refractivity contribution >= 4 is 45.7 Å². The number of benzene rings is 2. The van der Waals surface area contributed by atoms with Gasteiger partial charge in [-0.3, -0.25) is 24.0 Å². The molecular formula is C36H42ClFN6O5. The van der Waals surface area contributed by atoms with Crippen molar-refractivity contribution in [3.8, 4) is 0 Å². The fraction of sp³-hybridized carbons (Fsp3) is 0.444. The normalized spacial score (nSPS) is 15.2. The third-order valence-electron chi connectivity index (χ3n) is 9.44. The third kappa shape index (κ3) is 7.30. The summed E-state index contributed by atoms with van der Waals surface area (Å²) in [5.74, 6) is -0.975. The van der Waals surface area contributed by atoms with Crippen LogP contribution in [0.2, 0.25) is 5.02 Å². The van der Waals surface area contributed by atoms with Crippen LogP contribution in [0.4, 0.5) is 21.6 Å². The van der Waals surface area contributed by atoms with Gasteiger partial charge < -0.3 is 19.5 Å². The Kier molecular flexibility index (Phi) is 10.3. The van der Waals surface area contributed by atoms with E-state index in [2.05, 4.69) is 29.0 Å². The van der Waals surface area contributed by atoms with Crippen molar-refractivity contribution < 1.29 is 13.9 Å². The van der Waals surface area contributed by atoms with Crippen LogP contribution in [-0.4, -0.2) is 64.3 Å². The Morgan fingerprint density at radius 2 is 1.78 bits per heavy atom. The molecule has 2 aliphatic rings. The van der Waals surface area contributed by atoms with E-state index < -0.39 is 22.9 Å². The van der Waals surface area contributed by atoms with Crippen molar-refractivity contribution in [3.05, 3.63) is 95.1 Å². The van der Waals surface area contributed by atoms with Gasteiger partial charge in [-0.1, -0.05) is 24.6 Å². The van der Waals surface area contributed by atoms with Crippen LogP contribution in [0.5, 0.6) is 0 Å². The molecule has 0 spiro atoms. The first-order valence-electron chi connectivity index (χ1n) is 17.0. The molecule has 13 heteroatoms. The molecule has 1 aliphatic heterocycles. The molecule has 3 heterocycles. The standard InChI is InChI=1S/C36H42ClFN6O5/c1-4-23-18-24(9-8-22(23)3)39-29-20-30(45)43(36(48)40-29)13-7-6-12-41-14-16-42(17-15-41)33-28(38)19-26-32(31(33)37)44(25-10-11-25)21-27(34(26)46)35(47)49-5-2/h8-9,18-21,25,39H,4-7,10-17H2,1-3H3,(H,40,48). The number of carbonyl (C=O) groups excluding carboxylic acids is 1. The van der Waals surface area contributed by atoms with Crippen molar-refractivity contribution in [1.29, 1.82) is 0 Å². The number of aryl methyl sites for hydroxylation is 2. The van der Waals surface area contributed by atoms with E-state index in [4.69, 9.17) is 16.3 Å². The number of hydrogen-bond donors (Lipinski definition) is 2. The number of hydrogen-bond acceptors (Lipinski definition) is 8. The van der Waals surface area contributed by atoms with E-state index in [-0.39, 0.29) is 39.9 Å². The third-order valence-corrected chi connectivity index (χ3v) is 9.80. The molecule has 11 nitrogen and oxygen atoms in total. The lowest BCUT2D eigenvalue weighted by atomic mass is 10.1. The highest BCUT2D eigenvalue weighted by Crippen LogP contribution is 2.42. The summed E-state index contributed by atoms with van der Waals surface area (Å²) in [6.45, 7) is 9.40. The number of aromatic amines is 1. The van der Waals surface area contributed by atoms with E-state index in [1.807, 2.05) is 27.7 Å². The molecule has 2 aromatic carbocycles. The fourth-order valence-electron chi connectivity index (χ4n) is 6.60. The molecule has 49 heavy (non-hydrogen) atoms. The van der Waals surface area contributed by atoms with Crippen molar-refractivity contribution in [3.63, 3.8) is 0 Å². The van der Waals surface area contributed by atoms with Gasteiger partial charge in [0.1, 0.15) is 17.2 Å². The minimum Gasteiger partial charge on any atom is -0.462 e. The fourth-order valence-corrected chi connectivity index (χ4v) is 7.01. The summed E-state index contributed by atoms with van der Waals surface area (Å²) < 4.78 is 23.8. The summed E-state index contributed by atoms with van der Waals surface area (Å²) in [5, 5.41) is 3.38. The molecular weight excluding hydrogens is 651 g/mol. The highest BCUT2D eigenvalue weighted by Gasteiger charge is 2.31. The molecule has 260 valence electrons. The average molecular weight is 693 g/mol. The zero-order valence-electron chi connectivity index (χ0n) is 28.1. The van der Waals surface area contributed by atoms with E-state index in [1.54, 1.807) is 6.92 Å². The Labute approximate surface area is 288 Å². The number of fused-ring (bicyclic) bond motifs is 1. The van der Waals surface area contributed by atoms with Gasteiger partial charge in [0, 0.05) is 56.7 Å². The highest BCUT2D eigenvalue weighted by atomic mass is 35.5. The second kappa shape index (κ2) is 14.6. The SMILES string of the molecule is CCOC(=O)c1cn(C2CC2)c2c(Cl)c(N3CCN(CCCCn4c(=O)cc(Nc5ccc(C)c(CC)c5)[nH]c4=O)CC3)c(F)cc2c1=O. The zero-order valence-corrected chi connectivity index (χ0v) is 28.9. The Hall–Kier alpha value is -4.42. The number of esters is 1. The lowest BCUT2D eigenvalue weighted by Crippen LogP contribution is -2.47. The molecule has 4 aromatic rings. The first-order valence-corrected chi connectivity index (χ1v) is 17.4. The molecule has 0 radical (unpaired) electrons. The number of unbranched alkanes of at least 4 members (excludes halogenated alkanes) is 1. The molecule has 1 saturated heterocycles. The number of anilines is 3. The quantitative estimate of drug-likeness (QED) is 0.150.